The summed E-state index contributed by atoms with van der Waals surface area (Å²) in [5.41, 5.74) is 3.53. The molecule has 0 saturated heterocycles. The van der Waals surface area contributed by atoms with E-state index in [1.165, 1.54) is 0 Å². The van der Waals surface area contributed by atoms with Crippen LogP contribution in [0.2, 0.25) is 5.02 Å². The van der Waals surface area contributed by atoms with Crippen LogP contribution in [0.3, 0.4) is 0 Å². The van der Waals surface area contributed by atoms with Crippen LogP contribution in [0, 0.1) is 0 Å². The highest BCUT2D eigenvalue weighted by Crippen LogP contribution is 2.25. The van der Waals surface area contributed by atoms with E-state index in [9.17, 15) is 0 Å². The molecular weight excluding hydrogens is 176 g/mol. The van der Waals surface area contributed by atoms with Gasteiger partial charge < -0.3 is 4.74 Å². The van der Waals surface area contributed by atoms with Crippen molar-refractivity contribution in [2.24, 2.45) is 0 Å². The molecule has 0 aliphatic rings. The van der Waals surface area contributed by atoms with Crippen LogP contribution < -0.4 is 16.0 Å². The van der Waals surface area contributed by atoms with Gasteiger partial charge in [-0.25, -0.2) is 5.43 Å². The molecule has 0 atom stereocenters. The van der Waals surface area contributed by atoms with E-state index in [0.29, 0.717) is 11.6 Å². The third-order valence-corrected chi connectivity index (χ3v) is 1.75. The van der Waals surface area contributed by atoms with Crippen molar-refractivity contribution in [2.45, 2.75) is 6.92 Å². The molecule has 1 rings (SSSR count). The number of halogens is 1. The smallest absolute Gasteiger partial charge is 0.120 e. The molecule has 0 amide bonds. The molecular formula is C8H12ClN2O+. The quantitative estimate of drug-likeness (QED) is 0.701. The predicted molar refractivity (Wildman–Crippen MR) is 49.1 cm³/mol. The zero-order chi connectivity index (χ0) is 8.97. The van der Waals surface area contributed by atoms with Crippen LogP contribution in [0.5, 0.6) is 5.75 Å². The maximum absolute atomic E-state index is 5.88. The molecule has 12 heavy (non-hydrogen) atoms. The van der Waals surface area contributed by atoms with E-state index in [1.807, 2.05) is 19.1 Å². The highest BCUT2D eigenvalue weighted by atomic mass is 35.5. The van der Waals surface area contributed by atoms with Crippen LogP contribution in [0.15, 0.2) is 18.2 Å². The van der Waals surface area contributed by atoms with Gasteiger partial charge in [-0.15, -0.1) is 0 Å². The minimum atomic E-state index is 0.621. The van der Waals surface area contributed by atoms with E-state index < -0.39 is 0 Å². The summed E-state index contributed by atoms with van der Waals surface area (Å²) in [5, 5.41) is 0.621. The Labute approximate surface area is 76.4 Å². The van der Waals surface area contributed by atoms with E-state index >= 15 is 0 Å². The molecule has 1 aromatic rings. The fourth-order valence-corrected chi connectivity index (χ4v) is 1.13. The zero-order valence-corrected chi connectivity index (χ0v) is 7.69. The first kappa shape index (κ1) is 9.16. The fraction of sp³-hybridized carbons (Fsp3) is 0.250. The highest BCUT2D eigenvalue weighted by molar-refractivity contribution is 6.33. The fourth-order valence-electron chi connectivity index (χ4n) is 0.896. The first-order chi connectivity index (χ1) is 5.77. The summed E-state index contributed by atoms with van der Waals surface area (Å²) in [4.78, 5) is 0. The van der Waals surface area contributed by atoms with E-state index in [2.05, 4.69) is 11.3 Å². The van der Waals surface area contributed by atoms with Crippen molar-refractivity contribution in [2.75, 3.05) is 12.0 Å². The molecule has 4 heteroatoms. The lowest BCUT2D eigenvalue weighted by atomic mass is 10.3. The Morgan fingerprint density at radius 2 is 2.33 bits per heavy atom. The number of anilines is 1. The van der Waals surface area contributed by atoms with Gasteiger partial charge in [-0.1, -0.05) is 11.6 Å². The van der Waals surface area contributed by atoms with E-state index in [1.54, 1.807) is 6.07 Å². The summed E-state index contributed by atoms with van der Waals surface area (Å²) in [7, 11) is 0. The van der Waals surface area contributed by atoms with Gasteiger partial charge in [0.2, 0.25) is 0 Å². The van der Waals surface area contributed by atoms with Crippen LogP contribution in [0.25, 0.3) is 0 Å². The molecule has 0 radical (unpaired) electrons. The normalized spacial score (nSPS) is 9.58. The number of quaternary nitrogens is 1. The molecule has 0 aromatic heterocycles. The van der Waals surface area contributed by atoms with Gasteiger partial charge in [0.15, 0.2) is 0 Å². The second kappa shape index (κ2) is 4.18. The monoisotopic (exact) mass is 187 g/mol. The number of nitrogens with one attached hydrogen (secondary N) is 1. The molecule has 0 spiro atoms. The topological polar surface area (TPSA) is 48.9 Å². The number of ether oxygens (including phenoxy) is 1. The molecule has 0 heterocycles. The first-order valence-corrected chi connectivity index (χ1v) is 4.11. The van der Waals surface area contributed by atoms with Crippen molar-refractivity contribution >= 4 is 17.3 Å². The Kier molecular flexibility index (Phi) is 3.19. The van der Waals surface area contributed by atoms with Gasteiger partial charge in [0.05, 0.1) is 11.6 Å². The lowest BCUT2D eigenvalue weighted by molar-refractivity contribution is -0.325. The van der Waals surface area contributed by atoms with Gasteiger partial charge >= 0.3 is 0 Å². The van der Waals surface area contributed by atoms with Gasteiger partial charge in [-0.05, 0) is 19.1 Å². The van der Waals surface area contributed by atoms with Crippen LogP contribution in [-0.4, -0.2) is 6.61 Å². The number of benzene rings is 1. The maximum Gasteiger partial charge on any atom is 0.120 e. The Balaban J connectivity index is 2.86. The third kappa shape index (κ3) is 2.03. The standard InChI is InChI=1S/C8H11ClN2O/c1-2-12-6-3-4-8(11-10)7(9)5-6/h3-5,11H,2,10H2,1H3/p+1. The molecule has 0 fully saturated rings. The van der Waals surface area contributed by atoms with E-state index in [-0.39, 0.29) is 0 Å². The van der Waals surface area contributed by atoms with Gasteiger partial charge in [0.25, 0.3) is 0 Å². The van der Waals surface area contributed by atoms with Crippen LogP contribution in [-0.2, 0) is 0 Å². The summed E-state index contributed by atoms with van der Waals surface area (Å²) in [6.07, 6.45) is 0. The van der Waals surface area contributed by atoms with Crippen molar-refractivity contribution in [3.8, 4) is 5.75 Å². The van der Waals surface area contributed by atoms with Crippen molar-refractivity contribution in [1.29, 1.82) is 0 Å². The Morgan fingerprint density at radius 3 is 2.83 bits per heavy atom. The first-order valence-electron chi connectivity index (χ1n) is 3.73. The maximum atomic E-state index is 5.88. The average molecular weight is 188 g/mol. The van der Waals surface area contributed by atoms with Gasteiger partial charge in [0.1, 0.15) is 11.4 Å². The number of rotatable bonds is 3. The SMILES string of the molecule is CCOc1ccc(N[NH3+])c(Cl)c1. The summed E-state index contributed by atoms with van der Waals surface area (Å²) < 4.78 is 5.25. The van der Waals surface area contributed by atoms with Crippen molar-refractivity contribution < 1.29 is 10.6 Å². The Morgan fingerprint density at radius 1 is 1.58 bits per heavy atom. The minimum absolute atomic E-state index is 0.621. The molecule has 0 aliphatic carbocycles. The number of hydrogen-bond acceptors (Lipinski definition) is 2. The average Bonchev–Trinajstić information content (AvgIpc) is 2.05. The van der Waals surface area contributed by atoms with Crippen LogP contribution >= 0.6 is 11.6 Å². The van der Waals surface area contributed by atoms with Crippen molar-refractivity contribution in [3.05, 3.63) is 23.2 Å². The number of hydrogen-bond donors (Lipinski definition) is 2. The molecule has 66 valence electrons. The third-order valence-electron chi connectivity index (χ3n) is 1.44. The van der Waals surface area contributed by atoms with Gasteiger partial charge in [-0.3, -0.25) is 5.84 Å². The van der Waals surface area contributed by atoms with Crippen molar-refractivity contribution in [1.82, 2.24) is 0 Å². The molecule has 3 nitrogen and oxygen atoms in total. The second-order valence-corrected chi connectivity index (χ2v) is 2.66. The summed E-state index contributed by atoms with van der Waals surface area (Å²) in [6.45, 7) is 2.58. The molecule has 0 saturated carbocycles. The Bertz CT molecular complexity index is 265. The largest absolute Gasteiger partial charge is 0.494 e. The zero-order valence-electron chi connectivity index (χ0n) is 6.93. The molecule has 4 N–H and O–H groups in total. The summed E-state index contributed by atoms with van der Waals surface area (Å²) >= 11 is 5.88. The van der Waals surface area contributed by atoms with Crippen LogP contribution in [0.4, 0.5) is 5.69 Å². The highest BCUT2D eigenvalue weighted by Gasteiger charge is 2.00. The Hall–Kier alpha value is -0.930. The van der Waals surface area contributed by atoms with Gasteiger partial charge in [-0.2, -0.15) is 0 Å². The summed E-state index contributed by atoms with van der Waals surface area (Å²) in [5.74, 6) is 4.30. The van der Waals surface area contributed by atoms with Crippen LogP contribution in [0.1, 0.15) is 6.92 Å². The molecule has 0 bridgehead atoms. The lowest BCUT2D eigenvalue weighted by Gasteiger charge is -2.05. The molecule has 0 aliphatic heterocycles. The lowest BCUT2D eigenvalue weighted by Crippen LogP contribution is -2.56. The van der Waals surface area contributed by atoms with Crippen molar-refractivity contribution in [3.63, 3.8) is 0 Å². The predicted octanol–water partition coefficient (Wildman–Crippen LogP) is 1.31. The minimum Gasteiger partial charge on any atom is -0.494 e. The second-order valence-electron chi connectivity index (χ2n) is 2.25. The molecule has 0 unspecified atom stereocenters. The van der Waals surface area contributed by atoms with E-state index in [4.69, 9.17) is 16.3 Å². The summed E-state index contributed by atoms with van der Waals surface area (Å²) in [6, 6.07) is 5.45. The van der Waals surface area contributed by atoms with E-state index in [0.717, 1.165) is 11.4 Å². The van der Waals surface area contributed by atoms with Gasteiger partial charge in [0, 0.05) is 6.07 Å². The molecule has 1 aromatic carbocycles.